The lowest BCUT2D eigenvalue weighted by molar-refractivity contribution is -0.117. The number of benzene rings is 3. The van der Waals surface area contributed by atoms with Gasteiger partial charge in [-0.15, -0.1) is 0 Å². The van der Waals surface area contributed by atoms with E-state index in [0.29, 0.717) is 12.0 Å². The van der Waals surface area contributed by atoms with Crippen molar-refractivity contribution in [3.05, 3.63) is 87.6 Å². The molecule has 3 aromatic rings. The Labute approximate surface area is 217 Å². The molecule has 0 aliphatic heterocycles. The van der Waals surface area contributed by atoms with Gasteiger partial charge in [-0.2, -0.15) is 0 Å². The molecule has 0 aliphatic carbocycles. The van der Waals surface area contributed by atoms with Gasteiger partial charge >= 0.3 is 0 Å². The van der Waals surface area contributed by atoms with Crippen LogP contribution in [-0.2, 0) is 9.59 Å². The fourth-order valence-electron chi connectivity index (χ4n) is 3.62. The number of rotatable bonds is 10. The van der Waals surface area contributed by atoms with E-state index < -0.39 is 17.8 Å². The predicted octanol–water partition coefficient (Wildman–Crippen LogP) is 4.66. The molecule has 0 aromatic heterocycles. The number of likely N-dealkylation sites (N-methyl/N-ethyl adjacent to an activating group) is 1. The monoisotopic (exact) mass is 555 g/mol. The lowest BCUT2D eigenvalue weighted by Crippen LogP contribution is -2.38. The molecular formula is C27H27BrFN3O4. The van der Waals surface area contributed by atoms with Gasteiger partial charge < -0.3 is 20.3 Å². The summed E-state index contributed by atoms with van der Waals surface area (Å²) in [6.07, 6.45) is -0.338. The first-order chi connectivity index (χ1) is 17.2. The Kier molecular flexibility index (Phi) is 9.19. The molecule has 9 heteroatoms. The molecule has 0 fully saturated rings. The van der Waals surface area contributed by atoms with Gasteiger partial charge in [0.15, 0.2) is 12.4 Å². The van der Waals surface area contributed by atoms with E-state index >= 15 is 0 Å². The Hall–Kier alpha value is -3.72. The summed E-state index contributed by atoms with van der Waals surface area (Å²) in [7, 11) is 1.59. The standard InChI is InChI=1S/C27H27BrFN3O4/c1-17-11-19(28)12-18(2)26(17)30-14-22(16-33)36-24-10-9-20(29)13-23(24)27(35)31-15-25(34)32(3)21-7-5-4-6-8-21/h4-13,16,22,30H,14-15H2,1-3H3,(H,31,35). The minimum absolute atomic E-state index is 0.0286. The van der Waals surface area contributed by atoms with Crippen LogP contribution in [0.15, 0.2) is 65.1 Å². The van der Waals surface area contributed by atoms with Gasteiger partial charge in [0.2, 0.25) is 5.91 Å². The molecule has 0 saturated carbocycles. The van der Waals surface area contributed by atoms with Crippen LogP contribution in [0.4, 0.5) is 15.8 Å². The summed E-state index contributed by atoms with van der Waals surface area (Å²) in [6.45, 7) is 3.71. The maximum Gasteiger partial charge on any atom is 0.255 e. The number of ether oxygens (including phenoxy) is 1. The van der Waals surface area contributed by atoms with E-state index in [1.54, 1.807) is 31.3 Å². The molecule has 0 spiro atoms. The van der Waals surface area contributed by atoms with Gasteiger partial charge in [0, 0.05) is 22.9 Å². The fourth-order valence-corrected chi connectivity index (χ4v) is 4.31. The zero-order chi connectivity index (χ0) is 26.2. The van der Waals surface area contributed by atoms with Crippen molar-refractivity contribution in [1.29, 1.82) is 0 Å². The molecular weight excluding hydrogens is 529 g/mol. The van der Waals surface area contributed by atoms with Crippen molar-refractivity contribution in [1.82, 2.24) is 5.32 Å². The normalized spacial score (nSPS) is 11.4. The predicted molar refractivity (Wildman–Crippen MR) is 141 cm³/mol. The van der Waals surface area contributed by atoms with Crippen LogP contribution in [0.5, 0.6) is 5.75 Å². The molecule has 1 unspecified atom stereocenters. The van der Waals surface area contributed by atoms with Crippen molar-refractivity contribution in [2.75, 3.05) is 30.4 Å². The summed E-state index contributed by atoms with van der Waals surface area (Å²) >= 11 is 3.45. The van der Waals surface area contributed by atoms with Gasteiger partial charge in [-0.05, 0) is 67.4 Å². The zero-order valence-electron chi connectivity index (χ0n) is 20.2. The molecule has 1 atom stereocenters. The van der Waals surface area contributed by atoms with Crippen LogP contribution in [-0.4, -0.2) is 44.3 Å². The van der Waals surface area contributed by atoms with Gasteiger partial charge in [-0.3, -0.25) is 14.4 Å². The number of anilines is 2. The number of hydrogen-bond acceptors (Lipinski definition) is 5. The maximum absolute atomic E-state index is 14.0. The fraction of sp³-hybridized carbons (Fsp3) is 0.222. The largest absolute Gasteiger partial charge is 0.480 e. The Morgan fingerprint density at radius 1 is 1.08 bits per heavy atom. The smallest absolute Gasteiger partial charge is 0.255 e. The average molecular weight is 556 g/mol. The Bertz CT molecular complexity index is 1230. The van der Waals surface area contributed by atoms with Crippen LogP contribution in [0.2, 0.25) is 0 Å². The summed E-state index contributed by atoms with van der Waals surface area (Å²) in [5, 5.41) is 5.71. The van der Waals surface area contributed by atoms with E-state index in [0.717, 1.165) is 33.4 Å². The third kappa shape index (κ3) is 6.91. The van der Waals surface area contributed by atoms with E-state index in [4.69, 9.17) is 4.74 Å². The van der Waals surface area contributed by atoms with Crippen LogP contribution >= 0.6 is 15.9 Å². The quantitative estimate of drug-likeness (QED) is 0.355. The molecule has 0 heterocycles. The lowest BCUT2D eigenvalue weighted by Gasteiger charge is -2.20. The summed E-state index contributed by atoms with van der Waals surface area (Å²) in [5.74, 6) is -1.68. The number of aryl methyl sites for hydroxylation is 2. The van der Waals surface area contributed by atoms with Gasteiger partial charge in [-0.25, -0.2) is 4.39 Å². The number of carbonyl (C=O) groups is 3. The molecule has 2 amide bonds. The number of aldehydes is 1. The highest BCUT2D eigenvalue weighted by atomic mass is 79.9. The molecule has 0 radical (unpaired) electrons. The Morgan fingerprint density at radius 2 is 1.75 bits per heavy atom. The number of nitrogens with one attached hydrogen (secondary N) is 2. The number of halogens is 2. The van der Waals surface area contributed by atoms with E-state index in [1.807, 2.05) is 32.0 Å². The summed E-state index contributed by atoms with van der Waals surface area (Å²) in [6, 6.07) is 16.3. The molecule has 0 saturated heterocycles. The highest BCUT2D eigenvalue weighted by molar-refractivity contribution is 9.10. The van der Waals surface area contributed by atoms with Gasteiger partial charge in [0.1, 0.15) is 11.6 Å². The molecule has 7 nitrogen and oxygen atoms in total. The highest BCUT2D eigenvalue weighted by Crippen LogP contribution is 2.26. The second kappa shape index (κ2) is 12.3. The number of hydrogen-bond donors (Lipinski definition) is 2. The molecule has 36 heavy (non-hydrogen) atoms. The number of amides is 2. The van der Waals surface area contributed by atoms with Crippen LogP contribution in [0.25, 0.3) is 0 Å². The second-order valence-electron chi connectivity index (χ2n) is 8.20. The summed E-state index contributed by atoms with van der Waals surface area (Å²) in [4.78, 5) is 38.5. The summed E-state index contributed by atoms with van der Waals surface area (Å²) in [5.41, 5.74) is 3.39. The maximum atomic E-state index is 14.0. The molecule has 3 aromatic carbocycles. The second-order valence-corrected chi connectivity index (χ2v) is 9.12. The van der Waals surface area contributed by atoms with Crippen molar-refractivity contribution in [2.24, 2.45) is 0 Å². The third-order valence-corrected chi connectivity index (χ3v) is 5.97. The van der Waals surface area contributed by atoms with Crippen molar-refractivity contribution < 1.29 is 23.5 Å². The average Bonchev–Trinajstić information content (AvgIpc) is 2.86. The van der Waals surface area contributed by atoms with Crippen LogP contribution < -0.4 is 20.3 Å². The van der Waals surface area contributed by atoms with Crippen LogP contribution in [0.3, 0.4) is 0 Å². The first-order valence-corrected chi connectivity index (χ1v) is 12.0. The van der Waals surface area contributed by atoms with E-state index in [2.05, 4.69) is 26.6 Å². The zero-order valence-corrected chi connectivity index (χ0v) is 21.8. The van der Waals surface area contributed by atoms with Crippen molar-refractivity contribution in [3.63, 3.8) is 0 Å². The van der Waals surface area contributed by atoms with Crippen LogP contribution in [0.1, 0.15) is 21.5 Å². The minimum Gasteiger partial charge on any atom is -0.480 e. The number of nitrogens with zero attached hydrogens (tertiary/aromatic N) is 1. The van der Waals surface area contributed by atoms with E-state index in [9.17, 15) is 18.8 Å². The third-order valence-electron chi connectivity index (χ3n) is 5.51. The molecule has 188 valence electrons. The Balaban J connectivity index is 1.68. The Morgan fingerprint density at radius 3 is 2.39 bits per heavy atom. The van der Waals surface area contributed by atoms with Crippen LogP contribution in [0, 0.1) is 19.7 Å². The molecule has 0 bridgehead atoms. The minimum atomic E-state index is -0.949. The van der Waals surface area contributed by atoms with Crippen molar-refractivity contribution in [3.8, 4) is 5.75 Å². The molecule has 3 rings (SSSR count). The first kappa shape index (κ1) is 26.9. The topological polar surface area (TPSA) is 87.7 Å². The van der Waals surface area contributed by atoms with Gasteiger partial charge in [0.05, 0.1) is 18.7 Å². The molecule has 0 aliphatic rings. The first-order valence-electron chi connectivity index (χ1n) is 11.2. The van der Waals surface area contributed by atoms with Crippen molar-refractivity contribution in [2.45, 2.75) is 20.0 Å². The van der Waals surface area contributed by atoms with E-state index in [-0.39, 0.29) is 30.3 Å². The van der Waals surface area contributed by atoms with Crippen molar-refractivity contribution >= 4 is 45.4 Å². The number of carbonyl (C=O) groups excluding carboxylic acids is 3. The number of para-hydroxylation sites is 1. The summed E-state index contributed by atoms with van der Waals surface area (Å²) < 4.78 is 20.7. The lowest BCUT2D eigenvalue weighted by atomic mass is 10.1. The van der Waals surface area contributed by atoms with Gasteiger partial charge in [-0.1, -0.05) is 34.1 Å². The highest BCUT2D eigenvalue weighted by Gasteiger charge is 2.20. The van der Waals surface area contributed by atoms with Gasteiger partial charge in [0.25, 0.3) is 5.91 Å². The van der Waals surface area contributed by atoms with E-state index in [1.165, 1.54) is 11.0 Å². The SMILES string of the molecule is Cc1cc(Br)cc(C)c1NCC(C=O)Oc1ccc(F)cc1C(=O)NCC(=O)N(C)c1ccccc1. The molecule has 2 N–H and O–H groups in total.